The number of carbonyl (C=O) groups is 2. The molecule has 3 heterocycles. The Hall–Kier alpha value is -2.96. The van der Waals surface area contributed by atoms with Gasteiger partial charge < -0.3 is 15.1 Å². The molecule has 1 fully saturated rings. The number of likely N-dealkylation sites (tertiary alicyclic amines) is 1. The minimum atomic E-state index is -0.0479. The summed E-state index contributed by atoms with van der Waals surface area (Å²) in [7, 11) is 1.78. The number of nitrogens with one attached hydrogen (secondary N) is 1. The standard InChI is InChI=1S/C19H23N5O2/c1-14(25)23(2)17-8-10-24(13-17)19(26)15-6-7-18(21-11-15)22-12-16-5-3-4-9-20-16/h3-7,9,11,17H,8,10,12-13H2,1-2H3,(H,21,22)/t17-/m0/s1. The predicted octanol–water partition coefficient (Wildman–Crippen LogP) is 1.78. The Kier molecular flexibility index (Phi) is 5.46. The second-order valence-corrected chi connectivity index (χ2v) is 6.43. The molecular formula is C19H23N5O2. The zero-order valence-corrected chi connectivity index (χ0v) is 15.1. The fraction of sp³-hybridized carbons (Fsp3) is 0.368. The molecule has 136 valence electrons. The third-order valence-corrected chi connectivity index (χ3v) is 4.68. The van der Waals surface area contributed by atoms with Crippen LogP contribution in [0.25, 0.3) is 0 Å². The number of anilines is 1. The summed E-state index contributed by atoms with van der Waals surface area (Å²) in [6.07, 6.45) is 4.14. The molecule has 7 nitrogen and oxygen atoms in total. The molecule has 0 aromatic carbocycles. The summed E-state index contributed by atoms with van der Waals surface area (Å²) >= 11 is 0. The van der Waals surface area contributed by atoms with Crippen LogP contribution < -0.4 is 5.32 Å². The van der Waals surface area contributed by atoms with Crippen LogP contribution in [-0.4, -0.2) is 57.8 Å². The van der Waals surface area contributed by atoms with E-state index < -0.39 is 0 Å². The average molecular weight is 353 g/mol. The number of carbonyl (C=O) groups excluding carboxylic acids is 2. The van der Waals surface area contributed by atoms with Gasteiger partial charge in [0.1, 0.15) is 5.82 Å². The van der Waals surface area contributed by atoms with Gasteiger partial charge in [0.15, 0.2) is 0 Å². The lowest BCUT2D eigenvalue weighted by atomic mass is 10.2. The first-order valence-electron chi connectivity index (χ1n) is 8.67. The summed E-state index contributed by atoms with van der Waals surface area (Å²) in [6, 6.07) is 9.41. The van der Waals surface area contributed by atoms with E-state index in [1.165, 1.54) is 0 Å². The van der Waals surface area contributed by atoms with Gasteiger partial charge in [0.25, 0.3) is 5.91 Å². The number of hydrogen-bond donors (Lipinski definition) is 1. The van der Waals surface area contributed by atoms with Crippen molar-refractivity contribution in [2.24, 2.45) is 0 Å². The normalized spacial score (nSPS) is 16.4. The van der Waals surface area contributed by atoms with Gasteiger partial charge in [-0.05, 0) is 30.7 Å². The molecule has 3 rings (SSSR count). The first kappa shape index (κ1) is 17.8. The summed E-state index contributed by atoms with van der Waals surface area (Å²) in [6.45, 7) is 3.34. The number of hydrogen-bond acceptors (Lipinski definition) is 5. The van der Waals surface area contributed by atoms with Crippen molar-refractivity contribution in [1.82, 2.24) is 19.8 Å². The topological polar surface area (TPSA) is 78.4 Å². The van der Waals surface area contributed by atoms with Gasteiger partial charge in [-0.2, -0.15) is 0 Å². The average Bonchev–Trinajstić information content (AvgIpc) is 3.16. The quantitative estimate of drug-likeness (QED) is 0.886. The van der Waals surface area contributed by atoms with Crippen LogP contribution in [0.1, 0.15) is 29.4 Å². The Morgan fingerprint density at radius 1 is 1.27 bits per heavy atom. The largest absolute Gasteiger partial charge is 0.364 e. The third kappa shape index (κ3) is 4.17. The van der Waals surface area contributed by atoms with Gasteiger partial charge >= 0.3 is 0 Å². The van der Waals surface area contributed by atoms with Crippen LogP contribution in [0.15, 0.2) is 42.7 Å². The Bertz CT molecular complexity index is 763. The molecule has 0 unspecified atom stereocenters. The summed E-state index contributed by atoms with van der Waals surface area (Å²) < 4.78 is 0. The van der Waals surface area contributed by atoms with E-state index in [0.717, 1.165) is 12.1 Å². The zero-order chi connectivity index (χ0) is 18.5. The van der Waals surface area contributed by atoms with E-state index in [1.54, 1.807) is 48.3 Å². The number of aromatic nitrogens is 2. The van der Waals surface area contributed by atoms with Crippen LogP contribution >= 0.6 is 0 Å². The Morgan fingerprint density at radius 2 is 2.12 bits per heavy atom. The van der Waals surface area contributed by atoms with E-state index >= 15 is 0 Å². The summed E-state index contributed by atoms with van der Waals surface area (Å²) in [5, 5.41) is 3.19. The first-order valence-corrected chi connectivity index (χ1v) is 8.67. The molecule has 1 N–H and O–H groups in total. The second kappa shape index (κ2) is 7.95. The maximum atomic E-state index is 12.6. The van der Waals surface area contributed by atoms with Crippen molar-refractivity contribution in [2.45, 2.75) is 25.9 Å². The van der Waals surface area contributed by atoms with Crippen LogP contribution in [0.4, 0.5) is 5.82 Å². The number of pyridine rings is 2. The molecule has 1 saturated heterocycles. The van der Waals surface area contributed by atoms with Gasteiger partial charge in [0.2, 0.25) is 5.91 Å². The molecule has 0 spiro atoms. The molecule has 1 atom stereocenters. The summed E-state index contributed by atoms with van der Waals surface area (Å²) in [5.41, 5.74) is 1.48. The molecular weight excluding hydrogens is 330 g/mol. The molecule has 2 aromatic rings. The van der Waals surface area contributed by atoms with Crippen molar-refractivity contribution in [2.75, 3.05) is 25.5 Å². The van der Waals surface area contributed by atoms with Crippen LogP contribution in [0.3, 0.4) is 0 Å². The minimum absolute atomic E-state index is 0.0225. The van der Waals surface area contributed by atoms with E-state index in [1.807, 2.05) is 18.2 Å². The molecule has 1 aliphatic heterocycles. The molecule has 26 heavy (non-hydrogen) atoms. The van der Waals surface area contributed by atoms with E-state index in [0.29, 0.717) is 31.0 Å². The van der Waals surface area contributed by atoms with Crippen LogP contribution in [-0.2, 0) is 11.3 Å². The van der Waals surface area contributed by atoms with Crippen molar-refractivity contribution < 1.29 is 9.59 Å². The second-order valence-electron chi connectivity index (χ2n) is 6.43. The van der Waals surface area contributed by atoms with E-state index in [-0.39, 0.29) is 17.9 Å². The monoisotopic (exact) mass is 353 g/mol. The van der Waals surface area contributed by atoms with Gasteiger partial charge in [0, 0.05) is 39.5 Å². The number of amides is 2. The lowest BCUT2D eigenvalue weighted by Crippen LogP contribution is -2.38. The fourth-order valence-electron chi connectivity index (χ4n) is 2.99. The molecule has 2 amide bonds. The molecule has 7 heteroatoms. The highest BCUT2D eigenvalue weighted by Gasteiger charge is 2.30. The SMILES string of the molecule is CC(=O)N(C)[C@H]1CCN(C(=O)c2ccc(NCc3ccccn3)nc2)C1. The maximum absolute atomic E-state index is 12.6. The number of rotatable bonds is 5. The minimum Gasteiger partial charge on any atom is -0.364 e. The highest BCUT2D eigenvalue weighted by Crippen LogP contribution is 2.18. The Labute approximate surface area is 153 Å². The van der Waals surface area contributed by atoms with Gasteiger partial charge in [-0.3, -0.25) is 14.6 Å². The van der Waals surface area contributed by atoms with Crippen molar-refractivity contribution in [3.63, 3.8) is 0 Å². The zero-order valence-electron chi connectivity index (χ0n) is 15.1. The highest BCUT2D eigenvalue weighted by molar-refractivity contribution is 5.94. The lowest BCUT2D eigenvalue weighted by molar-refractivity contribution is -0.129. The summed E-state index contributed by atoms with van der Waals surface area (Å²) in [5.74, 6) is 0.672. The van der Waals surface area contributed by atoms with Crippen molar-refractivity contribution in [1.29, 1.82) is 0 Å². The first-order chi connectivity index (χ1) is 12.5. The van der Waals surface area contributed by atoms with Gasteiger partial charge in [-0.1, -0.05) is 6.07 Å². The van der Waals surface area contributed by atoms with Crippen molar-refractivity contribution in [3.05, 3.63) is 54.0 Å². The van der Waals surface area contributed by atoms with Crippen LogP contribution in [0.2, 0.25) is 0 Å². The molecule has 2 aromatic heterocycles. The van der Waals surface area contributed by atoms with E-state index in [2.05, 4.69) is 15.3 Å². The summed E-state index contributed by atoms with van der Waals surface area (Å²) in [4.78, 5) is 36.2. The smallest absolute Gasteiger partial charge is 0.255 e. The van der Waals surface area contributed by atoms with Gasteiger partial charge in [-0.25, -0.2) is 4.98 Å². The lowest BCUT2D eigenvalue weighted by Gasteiger charge is -2.23. The Balaban J connectivity index is 1.56. The molecule has 0 saturated carbocycles. The van der Waals surface area contributed by atoms with Crippen molar-refractivity contribution in [3.8, 4) is 0 Å². The van der Waals surface area contributed by atoms with Gasteiger partial charge in [-0.15, -0.1) is 0 Å². The number of nitrogens with zero attached hydrogens (tertiary/aromatic N) is 4. The third-order valence-electron chi connectivity index (χ3n) is 4.68. The fourth-order valence-corrected chi connectivity index (χ4v) is 2.99. The predicted molar refractivity (Wildman–Crippen MR) is 98.6 cm³/mol. The molecule has 0 aliphatic carbocycles. The van der Waals surface area contributed by atoms with Crippen molar-refractivity contribution >= 4 is 17.6 Å². The van der Waals surface area contributed by atoms with E-state index in [9.17, 15) is 9.59 Å². The van der Waals surface area contributed by atoms with E-state index in [4.69, 9.17) is 0 Å². The Morgan fingerprint density at radius 3 is 2.77 bits per heavy atom. The maximum Gasteiger partial charge on any atom is 0.255 e. The van der Waals surface area contributed by atoms with Crippen LogP contribution in [0.5, 0.6) is 0 Å². The highest BCUT2D eigenvalue weighted by atomic mass is 16.2. The van der Waals surface area contributed by atoms with Gasteiger partial charge in [0.05, 0.1) is 23.8 Å². The van der Waals surface area contributed by atoms with Crippen LogP contribution in [0, 0.1) is 0 Å². The number of likely N-dealkylation sites (N-methyl/N-ethyl adjacent to an activating group) is 1. The molecule has 1 aliphatic rings. The molecule has 0 bridgehead atoms. The molecule has 0 radical (unpaired) electrons.